The Bertz CT molecular complexity index is 893. The van der Waals surface area contributed by atoms with Crippen molar-refractivity contribution in [2.75, 3.05) is 18.5 Å². The molecule has 158 valence electrons. The van der Waals surface area contributed by atoms with Crippen molar-refractivity contribution in [1.29, 1.82) is 0 Å². The molecular weight excluding hydrogens is 384 g/mol. The number of nitrogens with one attached hydrogen (secondary N) is 2. The van der Waals surface area contributed by atoms with E-state index in [1.165, 1.54) is 0 Å². The van der Waals surface area contributed by atoms with E-state index in [1.54, 1.807) is 48.5 Å². The molecule has 7 heteroatoms. The summed E-state index contributed by atoms with van der Waals surface area (Å²) in [5, 5.41) is 5.05. The molecule has 0 aliphatic rings. The van der Waals surface area contributed by atoms with Gasteiger partial charge in [-0.1, -0.05) is 56.3 Å². The smallest absolute Gasteiger partial charge is 0.325 e. The summed E-state index contributed by atoms with van der Waals surface area (Å²) in [6, 6.07) is 15.3. The number of ether oxygens (including phenoxy) is 1. The number of amides is 2. The molecule has 2 amide bonds. The average Bonchev–Trinajstić information content (AvgIpc) is 2.75. The second-order valence-electron chi connectivity index (χ2n) is 7.16. The highest BCUT2D eigenvalue weighted by molar-refractivity contribution is 6.13. The summed E-state index contributed by atoms with van der Waals surface area (Å²) < 4.78 is 4.89. The first kappa shape index (κ1) is 22.8. The summed E-state index contributed by atoms with van der Waals surface area (Å²) in [5.74, 6) is -1.37. The lowest BCUT2D eigenvalue weighted by atomic mass is 10.0. The lowest BCUT2D eigenvalue weighted by Gasteiger charge is -2.11. The molecule has 0 unspecified atom stereocenters. The van der Waals surface area contributed by atoms with Crippen molar-refractivity contribution < 1.29 is 23.9 Å². The largest absolute Gasteiger partial charge is 0.454 e. The second kappa shape index (κ2) is 11.5. The molecule has 2 rings (SSSR count). The standard InChI is InChI=1S/C23H26N2O5/c1-16(2)12-13-20(26)24-14-22(28)30-15-21(27)25-19-11-7-6-10-18(19)23(29)17-8-4-3-5-9-17/h3-11,16H,12-15H2,1-2H3,(H,24,26)(H,25,27). The molecule has 0 saturated heterocycles. The summed E-state index contributed by atoms with van der Waals surface area (Å²) >= 11 is 0. The van der Waals surface area contributed by atoms with Crippen molar-refractivity contribution in [3.63, 3.8) is 0 Å². The number of carbonyl (C=O) groups excluding carboxylic acids is 4. The van der Waals surface area contributed by atoms with Gasteiger partial charge in [-0.05, 0) is 24.5 Å². The molecule has 0 heterocycles. The quantitative estimate of drug-likeness (QED) is 0.463. The first-order valence-electron chi connectivity index (χ1n) is 9.77. The van der Waals surface area contributed by atoms with E-state index in [0.29, 0.717) is 29.2 Å². The zero-order chi connectivity index (χ0) is 21.9. The van der Waals surface area contributed by atoms with Crippen LogP contribution in [-0.2, 0) is 19.1 Å². The Hall–Kier alpha value is -3.48. The van der Waals surface area contributed by atoms with Crippen LogP contribution in [-0.4, -0.2) is 36.7 Å². The van der Waals surface area contributed by atoms with E-state index < -0.39 is 18.5 Å². The van der Waals surface area contributed by atoms with E-state index in [4.69, 9.17) is 4.74 Å². The monoisotopic (exact) mass is 410 g/mol. The summed E-state index contributed by atoms with van der Waals surface area (Å²) in [6.07, 6.45) is 1.06. The van der Waals surface area contributed by atoms with Crippen LogP contribution in [0.2, 0.25) is 0 Å². The highest BCUT2D eigenvalue weighted by atomic mass is 16.5. The maximum atomic E-state index is 12.7. The van der Waals surface area contributed by atoms with E-state index >= 15 is 0 Å². The molecule has 2 aromatic carbocycles. The Balaban J connectivity index is 1.85. The Morgan fingerprint density at radius 3 is 2.27 bits per heavy atom. The zero-order valence-electron chi connectivity index (χ0n) is 17.1. The highest BCUT2D eigenvalue weighted by Gasteiger charge is 2.16. The van der Waals surface area contributed by atoms with Gasteiger partial charge in [0.05, 0.1) is 5.69 Å². The molecule has 0 saturated carbocycles. The number of ketones is 1. The van der Waals surface area contributed by atoms with Gasteiger partial charge in [-0.15, -0.1) is 0 Å². The van der Waals surface area contributed by atoms with Crippen LogP contribution < -0.4 is 10.6 Å². The summed E-state index contributed by atoms with van der Waals surface area (Å²) in [4.78, 5) is 48.2. The van der Waals surface area contributed by atoms with E-state index in [0.717, 1.165) is 6.42 Å². The van der Waals surface area contributed by atoms with Gasteiger partial charge < -0.3 is 15.4 Å². The Morgan fingerprint density at radius 1 is 0.900 bits per heavy atom. The van der Waals surface area contributed by atoms with Gasteiger partial charge in [-0.2, -0.15) is 0 Å². The Labute approximate surface area is 175 Å². The minimum Gasteiger partial charge on any atom is -0.454 e. The lowest BCUT2D eigenvalue weighted by molar-refractivity contribution is -0.147. The SMILES string of the molecule is CC(C)CCC(=O)NCC(=O)OCC(=O)Nc1ccccc1C(=O)c1ccccc1. The normalized spacial score (nSPS) is 10.4. The topological polar surface area (TPSA) is 102 Å². The highest BCUT2D eigenvalue weighted by Crippen LogP contribution is 2.19. The molecule has 7 nitrogen and oxygen atoms in total. The minimum absolute atomic E-state index is 0.229. The van der Waals surface area contributed by atoms with E-state index in [-0.39, 0.29) is 18.2 Å². The molecule has 0 aromatic heterocycles. The third-order valence-corrected chi connectivity index (χ3v) is 4.22. The van der Waals surface area contributed by atoms with Crippen molar-refractivity contribution in [2.24, 2.45) is 5.92 Å². The third-order valence-electron chi connectivity index (χ3n) is 4.22. The summed E-state index contributed by atoms with van der Waals surface area (Å²) in [7, 11) is 0. The van der Waals surface area contributed by atoms with Gasteiger partial charge in [-0.3, -0.25) is 19.2 Å². The molecule has 0 radical (unpaired) electrons. The number of anilines is 1. The van der Waals surface area contributed by atoms with Gasteiger partial charge in [-0.25, -0.2) is 0 Å². The van der Waals surface area contributed by atoms with E-state index in [1.807, 2.05) is 19.9 Å². The van der Waals surface area contributed by atoms with Crippen molar-refractivity contribution in [2.45, 2.75) is 26.7 Å². The van der Waals surface area contributed by atoms with E-state index in [9.17, 15) is 19.2 Å². The first-order valence-corrected chi connectivity index (χ1v) is 9.77. The molecule has 0 aliphatic carbocycles. The molecule has 0 bridgehead atoms. The number of para-hydroxylation sites is 1. The molecule has 2 N–H and O–H groups in total. The Kier molecular flexibility index (Phi) is 8.75. The van der Waals surface area contributed by atoms with Crippen LogP contribution >= 0.6 is 0 Å². The van der Waals surface area contributed by atoms with Gasteiger partial charge in [0.15, 0.2) is 12.4 Å². The predicted molar refractivity (Wildman–Crippen MR) is 113 cm³/mol. The maximum absolute atomic E-state index is 12.7. The molecule has 0 spiro atoms. The third kappa shape index (κ3) is 7.50. The van der Waals surface area contributed by atoms with Crippen LogP contribution in [0.1, 0.15) is 42.6 Å². The fraction of sp³-hybridized carbons (Fsp3) is 0.304. The second-order valence-corrected chi connectivity index (χ2v) is 7.16. The molecular formula is C23H26N2O5. The van der Waals surface area contributed by atoms with E-state index in [2.05, 4.69) is 10.6 Å². The Morgan fingerprint density at radius 2 is 1.57 bits per heavy atom. The van der Waals surface area contributed by atoms with Gasteiger partial charge in [0.25, 0.3) is 5.91 Å². The first-order chi connectivity index (χ1) is 14.4. The molecule has 30 heavy (non-hydrogen) atoms. The molecule has 0 fully saturated rings. The zero-order valence-corrected chi connectivity index (χ0v) is 17.1. The lowest BCUT2D eigenvalue weighted by Crippen LogP contribution is -2.32. The molecule has 0 atom stereocenters. The predicted octanol–water partition coefficient (Wildman–Crippen LogP) is 2.95. The van der Waals surface area contributed by atoms with Crippen molar-refractivity contribution in [1.82, 2.24) is 5.32 Å². The van der Waals surface area contributed by atoms with Crippen molar-refractivity contribution in [3.05, 3.63) is 65.7 Å². The van der Waals surface area contributed by atoms with Gasteiger partial charge in [0, 0.05) is 17.5 Å². The fourth-order valence-electron chi connectivity index (χ4n) is 2.60. The number of benzene rings is 2. The fourth-order valence-corrected chi connectivity index (χ4v) is 2.60. The number of rotatable bonds is 10. The van der Waals surface area contributed by atoms with Gasteiger partial charge in [0.1, 0.15) is 6.54 Å². The minimum atomic E-state index is -0.711. The number of hydrogen-bond acceptors (Lipinski definition) is 5. The number of esters is 1. The number of carbonyl (C=O) groups is 4. The van der Waals surface area contributed by atoms with Crippen molar-refractivity contribution >= 4 is 29.3 Å². The van der Waals surface area contributed by atoms with Gasteiger partial charge in [0.2, 0.25) is 5.91 Å². The van der Waals surface area contributed by atoms with Crippen LogP contribution in [0.5, 0.6) is 0 Å². The number of hydrogen-bond donors (Lipinski definition) is 2. The molecule has 0 aliphatic heterocycles. The van der Waals surface area contributed by atoms with Crippen LogP contribution in [0.25, 0.3) is 0 Å². The van der Waals surface area contributed by atoms with Gasteiger partial charge >= 0.3 is 5.97 Å². The summed E-state index contributed by atoms with van der Waals surface area (Å²) in [5.41, 5.74) is 1.16. The van der Waals surface area contributed by atoms with Crippen LogP contribution in [0.4, 0.5) is 5.69 Å². The van der Waals surface area contributed by atoms with Crippen LogP contribution in [0.15, 0.2) is 54.6 Å². The maximum Gasteiger partial charge on any atom is 0.325 e. The van der Waals surface area contributed by atoms with Crippen LogP contribution in [0.3, 0.4) is 0 Å². The molecule has 2 aromatic rings. The average molecular weight is 410 g/mol. The summed E-state index contributed by atoms with van der Waals surface area (Å²) in [6.45, 7) is 3.19. The van der Waals surface area contributed by atoms with Crippen molar-refractivity contribution in [3.8, 4) is 0 Å². The van der Waals surface area contributed by atoms with Crippen LogP contribution in [0, 0.1) is 5.92 Å².